The molecule has 0 fully saturated rings. The van der Waals surface area contributed by atoms with E-state index >= 15 is 0 Å². The highest BCUT2D eigenvalue weighted by molar-refractivity contribution is 5.97. The first-order valence-corrected chi connectivity index (χ1v) is 5.33. The molecule has 18 heavy (non-hydrogen) atoms. The van der Waals surface area contributed by atoms with Crippen LogP contribution in [0.15, 0.2) is 36.7 Å². The van der Waals surface area contributed by atoms with Crippen LogP contribution in [0.2, 0.25) is 0 Å². The lowest BCUT2D eigenvalue weighted by Crippen LogP contribution is -2.11. The van der Waals surface area contributed by atoms with Gasteiger partial charge in [0.2, 0.25) is 0 Å². The van der Waals surface area contributed by atoms with Crippen molar-refractivity contribution in [2.75, 3.05) is 0 Å². The molecule has 0 aliphatic carbocycles. The van der Waals surface area contributed by atoms with Gasteiger partial charge in [0.25, 0.3) is 0 Å². The molecular formula is C12H11N3O3. The molecule has 0 bridgehead atoms. The molecule has 0 spiro atoms. The molecule has 1 heterocycles. The van der Waals surface area contributed by atoms with Crippen molar-refractivity contribution >= 4 is 11.5 Å². The van der Waals surface area contributed by atoms with Crippen molar-refractivity contribution in [3.8, 4) is 0 Å². The largest absolute Gasteiger partial charge is 0.307 e. The van der Waals surface area contributed by atoms with E-state index in [-0.39, 0.29) is 18.0 Å². The van der Waals surface area contributed by atoms with Crippen LogP contribution in [-0.4, -0.2) is 20.5 Å². The number of benzene rings is 1. The second kappa shape index (κ2) is 4.79. The Morgan fingerprint density at radius 3 is 2.78 bits per heavy atom. The fraction of sp³-hybridized carbons (Fsp3) is 0.167. The third-order valence-electron chi connectivity index (χ3n) is 2.58. The number of aryl methyl sites for hydroxylation is 1. The minimum absolute atomic E-state index is 0.00130. The molecule has 0 saturated heterocycles. The van der Waals surface area contributed by atoms with Gasteiger partial charge in [-0.15, -0.1) is 0 Å². The zero-order valence-electron chi connectivity index (χ0n) is 9.74. The molecular weight excluding hydrogens is 234 g/mol. The summed E-state index contributed by atoms with van der Waals surface area (Å²) in [5.74, 6) is -0.119. The number of nitrogens with zero attached hydrogens (tertiary/aromatic N) is 3. The average Bonchev–Trinajstić information content (AvgIpc) is 2.78. The van der Waals surface area contributed by atoms with Crippen LogP contribution in [0.5, 0.6) is 0 Å². The smallest absolute Gasteiger partial charge is 0.292 e. The van der Waals surface area contributed by atoms with Crippen LogP contribution in [0.4, 0.5) is 5.69 Å². The van der Waals surface area contributed by atoms with E-state index in [2.05, 4.69) is 5.10 Å². The Hall–Kier alpha value is -2.50. The lowest BCUT2D eigenvalue weighted by atomic mass is 10.1. The van der Waals surface area contributed by atoms with Crippen LogP contribution < -0.4 is 0 Å². The summed E-state index contributed by atoms with van der Waals surface area (Å²) in [5.41, 5.74) is 1.37. The molecule has 0 atom stereocenters. The monoisotopic (exact) mass is 245 g/mol. The molecule has 6 heteroatoms. The molecule has 0 unspecified atom stereocenters. The van der Waals surface area contributed by atoms with Crippen LogP contribution in [0, 0.1) is 17.0 Å². The van der Waals surface area contributed by atoms with Crippen molar-refractivity contribution in [1.29, 1.82) is 0 Å². The zero-order valence-corrected chi connectivity index (χ0v) is 9.74. The fourth-order valence-electron chi connectivity index (χ4n) is 1.65. The van der Waals surface area contributed by atoms with Gasteiger partial charge < -0.3 is 0 Å². The van der Waals surface area contributed by atoms with Gasteiger partial charge in [-0.2, -0.15) is 5.10 Å². The van der Waals surface area contributed by atoms with E-state index in [1.54, 1.807) is 12.1 Å². The summed E-state index contributed by atoms with van der Waals surface area (Å²) in [6, 6.07) is 7.21. The van der Waals surface area contributed by atoms with Crippen molar-refractivity contribution in [3.63, 3.8) is 0 Å². The summed E-state index contributed by atoms with van der Waals surface area (Å²) >= 11 is 0. The number of rotatable bonds is 4. The van der Waals surface area contributed by atoms with Crippen molar-refractivity contribution in [3.05, 3.63) is 57.9 Å². The maximum atomic E-state index is 12.0. The van der Waals surface area contributed by atoms with Crippen LogP contribution in [0.3, 0.4) is 0 Å². The number of nitro groups is 1. The summed E-state index contributed by atoms with van der Waals surface area (Å²) in [6.07, 6.45) is 2.38. The van der Waals surface area contributed by atoms with E-state index in [4.69, 9.17) is 0 Å². The minimum atomic E-state index is -0.540. The van der Waals surface area contributed by atoms with Crippen molar-refractivity contribution < 1.29 is 9.72 Å². The molecule has 1 aromatic heterocycles. The minimum Gasteiger partial charge on any atom is -0.292 e. The van der Waals surface area contributed by atoms with Gasteiger partial charge in [0.1, 0.15) is 18.9 Å². The van der Waals surface area contributed by atoms with Gasteiger partial charge in [0.05, 0.1) is 4.92 Å². The lowest BCUT2D eigenvalue weighted by molar-refractivity contribution is -0.385. The second-order valence-electron chi connectivity index (χ2n) is 3.89. The third kappa shape index (κ3) is 2.42. The van der Waals surface area contributed by atoms with Crippen molar-refractivity contribution in [2.45, 2.75) is 13.5 Å². The Kier molecular flexibility index (Phi) is 3.18. The Morgan fingerprint density at radius 1 is 1.44 bits per heavy atom. The van der Waals surface area contributed by atoms with Crippen molar-refractivity contribution in [1.82, 2.24) is 9.78 Å². The molecule has 0 aliphatic rings. The van der Waals surface area contributed by atoms with E-state index in [0.717, 1.165) is 11.8 Å². The quantitative estimate of drug-likeness (QED) is 0.468. The number of carbonyl (C=O) groups excluding carboxylic acids is 1. The Balaban J connectivity index is 2.16. The highest BCUT2D eigenvalue weighted by Crippen LogP contribution is 2.11. The maximum Gasteiger partial charge on any atom is 0.307 e. The number of ketones is 1. The lowest BCUT2D eigenvalue weighted by Gasteiger charge is -2.04. The summed E-state index contributed by atoms with van der Waals surface area (Å²) < 4.78 is 1.27. The first-order chi connectivity index (χ1) is 8.58. The molecule has 0 amide bonds. The molecule has 2 aromatic rings. The van der Waals surface area contributed by atoms with Gasteiger partial charge >= 0.3 is 5.69 Å². The summed E-state index contributed by atoms with van der Waals surface area (Å²) in [5, 5.41) is 14.3. The first-order valence-electron chi connectivity index (χ1n) is 5.33. The second-order valence-corrected chi connectivity index (χ2v) is 3.89. The molecule has 92 valence electrons. The molecule has 0 aliphatic heterocycles. The van der Waals surface area contributed by atoms with Crippen molar-refractivity contribution in [2.24, 2.45) is 0 Å². The summed E-state index contributed by atoms with van der Waals surface area (Å²) in [6.45, 7) is 1.84. The number of aromatic nitrogens is 2. The zero-order chi connectivity index (χ0) is 13.1. The fourth-order valence-corrected chi connectivity index (χ4v) is 1.65. The van der Waals surface area contributed by atoms with E-state index in [0.29, 0.717) is 5.56 Å². The molecule has 1 aromatic carbocycles. The van der Waals surface area contributed by atoms with Gasteiger partial charge in [0.15, 0.2) is 5.78 Å². The van der Waals surface area contributed by atoms with Crippen LogP contribution in [0.25, 0.3) is 0 Å². The van der Waals surface area contributed by atoms with Gasteiger partial charge in [-0.05, 0) is 12.5 Å². The predicted molar refractivity (Wildman–Crippen MR) is 64.4 cm³/mol. The summed E-state index contributed by atoms with van der Waals surface area (Å²) in [4.78, 5) is 21.9. The topological polar surface area (TPSA) is 78.0 Å². The number of hydrogen-bond acceptors (Lipinski definition) is 4. The number of hydrogen-bond donors (Lipinski definition) is 0. The van der Waals surface area contributed by atoms with Gasteiger partial charge in [-0.25, -0.2) is 0 Å². The maximum absolute atomic E-state index is 12.0. The SMILES string of the molecule is Cc1ccccc1C(=O)Cn1cc([N+](=O)[O-])cn1. The van der Waals surface area contributed by atoms with E-state index in [1.807, 2.05) is 19.1 Å². The van der Waals surface area contributed by atoms with Crippen LogP contribution in [0.1, 0.15) is 15.9 Å². The highest BCUT2D eigenvalue weighted by atomic mass is 16.6. The molecule has 0 saturated carbocycles. The average molecular weight is 245 g/mol. The Bertz CT molecular complexity index is 604. The predicted octanol–water partition coefficient (Wildman–Crippen LogP) is 1.98. The van der Waals surface area contributed by atoms with Crippen LogP contribution >= 0.6 is 0 Å². The van der Waals surface area contributed by atoms with E-state index < -0.39 is 4.92 Å². The Morgan fingerprint density at radius 2 is 2.17 bits per heavy atom. The van der Waals surface area contributed by atoms with Gasteiger partial charge in [-0.3, -0.25) is 19.6 Å². The summed E-state index contributed by atoms with van der Waals surface area (Å²) in [7, 11) is 0. The van der Waals surface area contributed by atoms with Gasteiger partial charge in [0, 0.05) is 5.56 Å². The van der Waals surface area contributed by atoms with Crippen LogP contribution in [-0.2, 0) is 6.54 Å². The normalized spacial score (nSPS) is 10.3. The molecule has 0 N–H and O–H groups in total. The third-order valence-corrected chi connectivity index (χ3v) is 2.58. The first kappa shape index (κ1) is 12.0. The highest BCUT2D eigenvalue weighted by Gasteiger charge is 2.13. The van der Waals surface area contributed by atoms with Gasteiger partial charge in [-0.1, -0.05) is 24.3 Å². The van der Waals surface area contributed by atoms with E-state index in [9.17, 15) is 14.9 Å². The van der Waals surface area contributed by atoms with E-state index in [1.165, 1.54) is 10.9 Å². The molecule has 0 radical (unpaired) electrons. The number of Topliss-reactive ketones (excluding diaryl/α,β-unsaturated/α-hetero) is 1. The Labute approximate surface area is 103 Å². The number of carbonyl (C=O) groups is 1. The molecule has 2 rings (SSSR count). The molecule has 6 nitrogen and oxygen atoms in total. The standard InChI is InChI=1S/C12H11N3O3/c1-9-4-2-3-5-11(9)12(16)8-14-7-10(6-13-14)15(17)18/h2-7H,8H2,1H3.